The van der Waals surface area contributed by atoms with E-state index in [-0.39, 0.29) is 0 Å². The monoisotopic (exact) mass is 133 g/mol. The summed E-state index contributed by atoms with van der Waals surface area (Å²) in [6, 6.07) is 0. The number of nitrogens with one attached hydrogen (secondary N) is 1. The minimum absolute atomic E-state index is 0.855. The summed E-state index contributed by atoms with van der Waals surface area (Å²) in [5, 5.41) is 3.04. The highest BCUT2D eigenvalue weighted by Crippen LogP contribution is 2.01. The molecule has 0 aromatic carbocycles. The summed E-state index contributed by atoms with van der Waals surface area (Å²) in [6.45, 7) is 5.63. The first kappa shape index (κ1) is 8.39. The van der Waals surface area contributed by atoms with Gasteiger partial charge in [-0.1, -0.05) is 23.2 Å². The van der Waals surface area contributed by atoms with Crippen LogP contribution >= 0.6 is 9.39 Å². The van der Waals surface area contributed by atoms with Crippen LogP contribution in [0, 0.1) is 5.92 Å². The lowest BCUT2D eigenvalue weighted by Gasteiger charge is -2.01. The fraction of sp³-hybridized carbons (Fsp3) is 1.00. The highest BCUT2D eigenvalue weighted by atomic mass is 31.0. The van der Waals surface area contributed by atoms with Gasteiger partial charge < -0.3 is 5.09 Å². The third kappa shape index (κ3) is 6.39. The van der Waals surface area contributed by atoms with Crippen LogP contribution in [-0.2, 0) is 0 Å². The average Bonchev–Trinajstić information content (AvgIpc) is 1.66. The summed E-state index contributed by atoms with van der Waals surface area (Å²) in [5.74, 6) is 0.855. The van der Waals surface area contributed by atoms with Crippen LogP contribution in [0.3, 0.4) is 0 Å². The summed E-state index contributed by atoms with van der Waals surface area (Å²) >= 11 is 0. The van der Waals surface area contributed by atoms with Crippen molar-refractivity contribution in [3.05, 3.63) is 0 Å². The Labute approximate surface area is 54.5 Å². The van der Waals surface area contributed by atoms with Crippen molar-refractivity contribution in [3.8, 4) is 0 Å². The van der Waals surface area contributed by atoms with Crippen LogP contribution < -0.4 is 5.09 Å². The van der Waals surface area contributed by atoms with E-state index in [1.54, 1.807) is 0 Å². The van der Waals surface area contributed by atoms with E-state index in [1.165, 1.54) is 12.8 Å². The molecule has 0 amide bonds. The van der Waals surface area contributed by atoms with Gasteiger partial charge in [-0.3, -0.25) is 0 Å². The van der Waals surface area contributed by atoms with Gasteiger partial charge in [0.05, 0.1) is 0 Å². The van der Waals surface area contributed by atoms with E-state index in [2.05, 4.69) is 28.3 Å². The smallest absolute Gasteiger partial charge is 0.00143 e. The summed E-state index contributed by atoms with van der Waals surface area (Å²) in [6.07, 6.45) is 2.63. The van der Waals surface area contributed by atoms with E-state index in [0.717, 1.165) is 12.5 Å². The molecule has 0 aliphatic carbocycles. The van der Waals surface area contributed by atoms with Gasteiger partial charge in [0.15, 0.2) is 0 Å². The topological polar surface area (TPSA) is 12.0 Å². The van der Waals surface area contributed by atoms with Crippen LogP contribution in [0.15, 0.2) is 0 Å². The molecule has 0 aromatic heterocycles. The molecule has 1 atom stereocenters. The summed E-state index contributed by atoms with van der Waals surface area (Å²) < 4.78 is 0. The summed E-state index contributed by atoms with van der Waals surface area (Å²) in [7, 11) is 2.51. The maximum absolute atomic E-state index is 3.04. The van der Waals surface area contributed by atoms with Gasteiger partial charge in [0.25, 0.3) is 0 Å². The second kappa shape index (κ2) is 5.53. The van der Waals surface area contributed by atoms with E-state index in [1.807, 2.05) is 0 Å². The minimum Gasteiger partial charge on any atom is -0.301 e. The fourth-order valence-corrected chi connectivity index (χ4v) is 0.816. The zero-order valence-electron chi connectivity index (χ0n) is 5.78. The van der Waals surface area contributed by atoms with Crippen LogP contribution in [0.1, 0.15) is 26.7 Å². The predicted molar refractivity (Wildman–Crippen MR) is 41.8 cm³/mol. The molecule has 1 unspecified atom stereocenters. The second-order valence-corrected chi connectivity index (χ2v) is 2.90. The summed E-state index contributed by atoms with van der Waals surface area (Å²) in [5.41, 5.74) is 0. The molecule has 8 heavy (non-hydrogen) atoms. The van der Waals surface area contributed by atoms with Crippen molar-refractivity contribution in [3.63, 3.8) is 0 Å². The van der Waals surface area contributed by atoms with Crippen LogP contribution in [0.25, 0.3) is 0 Å². The first-order chi connectivity index (χ1) is 3.77. The van der Waals surface area contributed by atoms with Gasteiger partial charge in [-0.15, -0.1) is 0 Å². The van der Waals surface area contributed by atoms with Crippen molar-refractivity contribution in [1.82, 2.24) is 5.09 Å². The molecular weight excluding hydrogens is 117 g/mol. The Morgan fingerprint density at radius 3 is 2.50 bits per heavy atom. The van der Waals surface area contributed by atoms with Gasteiger partial charge >= 0.3 is 0 Å². The molecule has 1 N–H and O–H groups in total. The van der Waals surface area contributed by atoms with Gasteiger partial charge in [0.2, 0.25) is 0 Å². The van der Waals surface area contributed by atoms with E-state index in [9.17, 15) is 0 Å². The molecule has 0 aliphatic heterocycles. The fourth-order valence-electron chi connectivity index (χ4n) is 0.612. The maximum atomic E-state index is 3.04. The first-order valence-electron chi connectivity index (χ1n) is 3.21. The average molecular weight is 133 g/mol. The van der Waals surface area contributed by atoms with Gasteiger partial charge in [0, 0.05) is 0 Å². The molecule has 0 fully saturated rings. The van der Waals surface area contributed by atoms with Gasteiger partial charge in [0.1, 0.15) is 0 Å². The van der Waals surface area contributed by atoms with Crippen LogP contribution in [0.2, 0.25) is 0 Å². The van der Waals surface area contributed by atoms with Gasteiger partial charge in [-0.05, 0) is 25.3 Å². The van der Waals surface area contributed by atoms with E-state index in [0.29, 0.717) is 0 Å². The number of hydrogen-bond acceptors (Lipinski definition) is 1. The lowest BCUT2D eigenvalue weighted by atomic mass is 10.1. The minimum atomic E-state index is 0.855. The van der Waals surface area contributed by atoms with E-state index >= 15 is 0 Å². The molecule has 0 rings (SSSR count). The van der Waals surface area contributed by atoms with Crippen molar-refractivity contribution in [2.45, 2.75) is 26.7 Å². The zero-order valence-corrected chi connectivity index (χ0v) is 6.93. The molecule has 0 aliphatic rings. The van der Waals surface area contributed by atoms with Crippen molar-refractivity contribution < 1.29 is 0 Å². The Bertz CT molecular complexity index is 45.8. The quantitative estimate of drug-likeness (QED) is 0.455. The molecule has 0 aromatic rings. The van der Waals surface area contributed by atoms with Crippen LogP contribution in [0.4, 0.5) is 0 Å². The van der Waals surface area contributed by atoms with Crippen molar-refractivity contribution >= 4 is 9.39 Å². The molecule has 0 spiro atoms. The molecule has 0 saturated heterocycles. The zero-order chi connectivity index (χ0) is 6.41. The predicted octanol–water partition coefficient (Wildman–Crippen LogP) is 1.80. The SMILES string of the molecule is CC(C)CCCNP. The lowest BCUT2D eigenvalue weighted by Crippen LogP contribution is -2.01. The maximum Gasteiger partial charge on any atom is -0.00143 e. The number of rotatable bonds is 4. The Morgan fingerprint density at radius 1 is 1.50 bits per heavy atom. The van der Waals surface area contributed by atoms with Gasteiger partial charge in [-0.2, -0.15) is 0 Å². The third-order valence-corrected chi connectivity index (χ3v) is 1.39. The molecular formula is C6H16NP. The van der Waals surface area contributed by atoms with Crippen LogP contribution in [-0.4, -0.2) is 6.54 Å². The Hall–Kier alpha value is 0.390. The third-order valence-electron chi connectivity index (χ3n) is 1.10. The van der Waals surface area contributed by atoms with Crippen molar-refractivity contribution in [1.29, 1.82) is 0 Å². The molecule has 0 radical (unpaired) electrons. The standard InChI is InChI=1S/C6H16NP/c1-6(2)4-3-5-7-8/h6-7H,3-5,8H2,1-2H3. The molecule has 50 valence electrons. The highest BCUT2D eigenvalue weighted by molar-refractivity contribution is 7.13. The van der Waals surface area contributed by atoms with Crippen LogP contribution in [0.5, 0.6) is 0 Å². The van der Waals surface area contributed by atoms with E-state index in [4.69, 9.17) is 0 Å². The largest absolute Gasteiger partial charge is 0.301 e. The van der Waals surface area contributed by atoms with Crippen molar-refractivity contribution in [2.75, 3.05) is 6.54 Å². The molecule has 0 heterocycles. The molecule has 0 bridgehead atoms. The second-order valence-electron chi connectivity index (χ2n) is 2.49. The molecule has 0 saturated carbocycles. The molecule has 1 nitrogen and oxygen atoms in total. The Morgan fingerprint density at radius 2 is 2.12 bits per heavy atom. The summed E-state index contributed by atoms with van der Waals surface area (Å²) in [4.78, 5) is 0. The first-order valence-corrected chi connectivity index (χ1v) is 3.78. The molecule has 2 heteroatoms. The van der Waals surface area contributed by atoms with E-state index < -0.39 is 0 Å². The Balaban J connectivity index is 2.72. The Kier molecular flexibility index (Phi) is 5.79. The lowest BCUT2D eigenvalue weighted by molar-refractivity contribution is 0.555. The number of hydrogen-bond donors (Lipinski definition) is 1. The van der Waals surface area contributed by atoms with Crippen molar-refractivity contribution in [2.24, 2.45) is 5.92 Å². The van der Waals surface area contributed by atoms with Gasteiger partial charge in [-0.25, -0.2) is 0 Å². The normalized spacial score (nSPS) is 10.5. The highest BCUT2D eigenvalue weighted by Gasteiger charge is 1.90.